The van der Waals surface area contributed by atoms with Crippen molar-refractivity contribution in [3.8, 4) is 22.9 Å². The molecule has 2 fully saturated rings. The van der Waals surface area contributed by atoms with Gasteiger partial charge in [0.05, 0.1) is 12.2 Å². The maximum atomic E-state index is 10.9. The molecular weight excluding hydrogens is 432 g/mol. The highest BCUT2D eigenvalue weighted by molar-refractivity contribution is 5.67. The van der Waals surface area contributed by atoms with Gasteiger partial charge in [0.25, 0.3) is 0 Å². The van der Waals surface area contributed by atoms with Crippen LogP contribution in [0.3, 0.4) is 0 Å². The van der Waals surface area contributed by atoms with Crippen LogP contribution in [0.2, 0.25) is 0 Å². The number of rotatable bonds is 7. The Morgan fingerprint density at radius 3 is 2.50 bits per heavy atom. The molecule has 1 saturated heterocycles. The Morgan fingerprint density at radius 2 is 1.82 bits per heavy atom. The van der Waals surface area contributed by atoms with E-state index in [4.69, 9.17) is 9.84 Å². The predicted octanol–water partition coefficient (Wildman–Crippen LogP) is 3.95. The zero-order valence-corrected chi connectivity index (χ0v) is 19.1. The Kier molecular flexibility index (Phi) is 6.80. The van der Waals surface area contributed by atoms with Crippen molar-refractivity contribution >= 4 is 11.8 Å². The van der Waals surface area contributed by atoms with E-state index in [1.54, 1.807) is 6.20 Å². The zero-order valence-electron chi connectivity index (χ0n) is 19.1. The number of hydrogen-bond donors (Lipinski definition) is 2. The summed E-state index contributed by atoms with van der Waals surface area (Å²) in [4.78, 5) is 26.7. The van der Waals surface area contributed by atoms with E-state index in [0.717, 1.165) is 68.7 Å². The minimum Gasteiger partial charge on any atom is -0.481 e. The number of nitrogens with zero attached hydrogens (tertiary/aromatic N) is 5. The fourth-order valence-electron chi connectivity index (χ4n) is 4.93. The quantitative estimate of drug-likeness (QED) is 0.542. The van der Waals surface area contributed by atoms with Crippen LogP contribution in [-0.2, 0) is 9.53 Å². The predicted molar refractivity (Wildman–Crippen MR) is 127 cm³/mol. The van der Waals surface area contributed by atoms with Crippen molar-refractivity contribution in [2.45, 2.75) is 57.2 Å². The summed E-state index contributed by atoms with van der Waals surface area (Å²) in [7, 11) is 0. The fraction of sp³-hybridized carbons (Fsp3) is 0.480. The topological polar surface area (TPSA) is 117 Å². The summed E-state index contributed by atoms with van der Waals surface area (Å²) in [6.45, 7) is 1.83. The lowest BCUT2D eigenvalue weighted by molar-refractivity contribution is -0.138. The van der Waals surface area contributed by atoms with Crippen molar-refractivity contribution < 1.29 is 14.6 Å². The summed E-state index contributed by atoms with van der Waals surface area (Å²) in [6, 6.07) is 9.71. The Labute approximate surface area is 198 Å². The number of pyridine rings is 2. The van der Waals surface area contributed by atoms with E-state index in [0.29, 0.717) is 24.0 Å². The molecule has 0 atom stereocenters. The van der Waals surface area contributed by atoms with E-state index in [-0.39, 0.29) is 12.2 Å². The van der Waals surface area contributed by atoms with Crippen LogP contribution < -0.4 is 4.90 Å². The standard InChI is InChI=1S/C25H30N6O3/c32-23(33)15-17-4-7-19(8-5-17)34-20-10-13-31(14-11-20)22-9-6-18(16-27-22)24-28-25(30-29-24)21-3-1-2-12-26-21/h1-3,6,9,12,16-17,19-20H,4-5,7-8,10-11,13-15H2,(H,32,33)(H,28,29,30)/t17-,19+. The molecule has 9 nitrogen and oxygen atoms in total. The number of aromatic nitrogens is 5. The van der Waals surface area contributed by atoms with Crippen molar-refractivity contribution in [1.82, 2.24) is 25.1 Å². The molecule has 1 aliphatic heterocycles. The van der Waals surface area contributed by atoms with E-state index < -0.39 is 5.97 Å². The SMILES string of the molecule is O=C(O)C[C@H]1CC[C@@H](OC2CCN(c3ccc(-c4nc(-c5ccccn5)n[nH]4)cn3)CC2)CC1. The Balaban J connectivity index is 1.11. The lowest BCUT2D eigenvalue weighted by Crippen LogP contribution is -2.39. The summed E-state index contributed by atoms with van der Waals surface area (Å²) in [6.07, 6.45) is 10.2. The number of nitrogens with one attached hydrogen (secondary N) is 1. The molecule has 2 aliphatic rings. The van der Waals surface area contributed by atoms with E-state index in [1.807, 2.05) is 36.5 Å². The van der Waals surface area contributed by atoms with Crippen LogP contribution in [0.15, 0.2) is 42.7 Å². The van der Waals surface area contributed by atoms with E-state index in [9.17, 15) is 4.79 Å². The minimum absolute atomic E-state index is 0.274. The number of carboxylic acid groups (broad SMARTS) is 1. The molecular formula is C25H30N6O3. The van der Waals surface area contributed by atoms with Gasteiger partial charge in [0.2, 0.25) is 0 Å². The van der Waals surface area contributed by atoms with Gasteiger partial charge in [-0.15, -0.1) is 0 Å². The smallest absolute Gasteiger partial charge is 0.303 e. The van der Waals surface area contributed by atoms with E-state index in [2.05, 4.69) is 30.0 Å². The summed E-state index contributed by atoms with van der Waals surface area (Å²) in [5.74, 6) is 1.82. The molecule has 4 heterocycles. The molecule has 3 aromatic heterocycles. The lowest BCUT2D eigenvalue weighted by Gasteiger charge is -2.36. The summed E-state index contributed by atoms with van der Waals surface area (Å²) >= 11 is 0. The number of carbonyl (C=O) groups is 1. The highest BCUT2D eigenvalue weighted by atomic mass is 16.5. The van der Waals surface area contributed by atoms with Crippen LogP contribution in [-0.4, -0.2) is 61.5 Å². The number of H-pyrrole nitrogens is 1. The first kappa shape index (κ1) is 22.5. The first-order valence-corrected chi connectivity index (χ1v) is 12.1. The van der Waals surface area contributed by atoms with Crippen LogP contribution in [0.1, 0.15) is 44.9 Å². The van der Waals surface area contributed by atoms with Gasteiger partial charge >= 0.3 is 5.97 Å². The molecule has 1 saturated carbocycles. The number of hydrogen-bond acceptors (Lipinski definition) is 7. The average molecular weight is 463 g/mol. The zero-order chi connectivity index (χ0) is 23.3. The highest BCUT2D eigenvalue weighted by Gasteiger charge is 2.28. The molecule has 5 rings (SSSR count). The molecule has 9 heteroatoms. The van der Waals surface area contributed by atoms with Gasteiger partial charge in [-0.3, -0.25) is 14.9 Å². The van der Waals surface area contributed by atoms with Crippen molar-refractivity contribution in [3.05, 3.63) is 42.7 Å². The summed E-state index contributed by atoms with van der Waals surface area (Å²) < 4.78 is 6.37. The highest BCUT2D eigenvalue weighted by Crippen LogP contribution is 2.31. The number of anilines is 1. The van der Waals surface area contributed by atoms with Gasteiger partial charge in [-0.2, -0.15) is 5.10 Å². The molecule has 1 aliphatic carbocycles. The largest absolute Gasteiger partial charge is 0.481 e. The molecule has 0 unspecified atom stereocenters. The van der Waals surface area contributed by atoms with Crippen molar-refractivity contribution in [3.63, 3.8) is 0 Å². The van der Waals surface area contributed by atoms with Gasteiger partial charge < -0.3 is 14.7 Å². The molecule has 0 radical (unpaired) electrons. The molecule has 3 aromatic rings. The van der Waals surface area contributed by atoms with Gasteiger partial charge in [0.1, 0.15) is 11.5 Å². The first-order chi connectivity index (χ1) is 16.6. The van der Waals surface area contributed by atoms with Crippen molar-refractivity contribution in [2.24, 2.45) is 5.92 Å². The molecule has 0 aromatic carbocycles. The number of piperidine rings is 1. The molecule has 0 bridgehead atoms. The van der Waals surface area contributed by atoms with E-state index >= 15 is 0 Å². The number of aliphatic carboxylic acids is 1. The Hall–Kier alpha value is -3.33. The third-order valence-corrected chi connectivity index (χ3v) is 6.81. The van der Waals surface area contributed by atoms with E-state index in [1.165, 1.54) is 0 Å². The van der Waals surface area contributed by atoms with Crippen LogP contribution in [0.4, 0.5) is 5.82 Å². The number of ether oxygens (including phenoxy) is 1. The van der Waals surface area contributed by atoms with Crippen LogP contribution >= 0.6 is 0 Å². The van der Waals surface area contributed by atoms with Gasteiger partial charge in [-0.05, 0) is 68.7 Å². The third kappa shape index (κ3) is 5.41. The third-order valence-electron chi connectivity index (χ3n) is 6.81. The van der Waals surface area contributed by atoms with Gasteiger partial charge in [-0.25, -0.2) is 9.97 Å². The van der Waals surface area contributed by atoms with Crippen molar-refractivity contribution in [2.75, 3.05) is 18.0 Å². The minimum atomic E-state index is -0.687. The Morgan fingerprint density at radius 1 is 1.03 bits per heavy atom. The molecule has 2 N–H and O–H groups in total. The molecule has 0 spiro atoms. The number of carboxylic acids is 1. The van der Waals surface area contributed by atoms with Gasteiger partial charge in [0, 0.05) is 37.5 Å². The second-order valence-electron chi connectivity index (χ2n) is 9.19. The Bertz CT molecular complexity index is 1070. The average Bonchev–Trinajstić information content (AvgIpc) is 3.37. The summed E-state index contributed by atoms with van der Waals surface area (Å²) in [5.41, 5.74) is 1.61. The van der Waals surface area contributed by atoms with Crippen LogP contribution in [0.25, 0.3) is 22.9 Å². The van der Waals surface area contributed by atoms with Crippen LogP contribution in [0, 0.1) is 5.92 Å². The maximum Gasteiger partial charge on any atom is 0.303 e. The maximum absolute atomic E-state index is 10.9. The second kappa shape index (κ2) is 10.3. The first-order valence-electron chi connectivity index (χ1n) is 12.1. The van der Waals surface area contributed by atoms with Gasteiger partial charge in [0.15, 0.2) is 11.6 Å². The number of aromatic amines is 1. The molecule has 34 heavy (non-hydrogen) atoms. The summed E-state index contributed by atoms with van der Waals surface area (Å²) in [5, 5.41) is 16.2. The van der Waals surface area contributed by atoms with Gasteiger partial charge in [-0.1, -0.05) is 6.07 Å². The normalized spacial score (nSPS) is 21.5. The van der Waals surface area contributed by atoms with Crippen molar-refractivity contribution in [1.29, 1.82) is 0 Å². The second-order valence-corrected chi connectivity index (χ2v) is 9.19. The molecule has 0 amide bonds. The monoisotopic (exact) mass is 462 g/mol. The lowest BCUT2D eigenvalue weighted by atomic mass is 9.85. The molecule has 178 valence electrons. The fourth-order valence-corrected chi connectivity index (χ4v) is 4.93. The van der Waals surface area contributed by atoms with Crippen LogP contribution in [0.5, 0.6) is 0 Å².